The molecule has 0 aliphatic carbocycles. The fourth-order valence-corrected chi connectivity index (χ4v) is 1.91. The highest BCUT2D eigenvalue weighted by Crippen LogP contribution is 2.22. The van der Waals surface area contributed by atoms with E-state index in [1.165, 1.54) is 12.1 Å². The maximum absolute atomic E-state index is 12.7. The molecular formula is C13H13FN2O3. The van der Waals surface area contributed by atoms with Gasteiger partial charge < -0.3 is 14.0 Å². The first-order valence-electron chi connectivity index (χ1n) is 6.10. The zero-order valence-electron chi connectivity index (χ0n) is 10.2. The van der Waals surface area contributed by atoms with E-state index in [2.05, 4.69) is 10.1 Å². The summed E-state index contributed by atoms with van der Waals surface area (Å²) in [6, 6.07) is 5.78. The molecule has 100 valence electrons. The Morgan fingerprint density at radius 1 is 1.32 bits per heavy atom. The number of hydrogen-bond donors (Lipinski definition) is 0. The smallest absolute Gasteiger partial charge is 0.264 e. The van der Waals surface area contributed by atoms with Crippen LogP contribution < -0.4 is 4.74 Å². The van der Waals surface area contributed by atoms with Crippen molar-refractivity contribution in [3.05, 3.63) is 41.8 Å². The standard InChI is InChI=1S/C13H13FN2O3/c14-10-1-3-11(4-2-10)18-8-12-15-13(16-19-12)9-5-6-17-7-9/h1-4,9H,5-8H2/t9-/m0/s1. The third-order valence-corrected chi connectivity index (χ3v) is 2.95. The minimum absolute atomic E-state index is 0.173. The van der Waals surface area contributed by atoms with Crippen molar-refractivity contribution in [3.63, 3.8) is 0 Å². The molecule has 5 nitrogen and oxygen atoms in total. The summed E-state index contributed by atoms with van der Waals surface area (Å²) in [5.41, 5.74) is 0. The lowest BCUT2D eigenvalue weighted by Crippen LogP contribution is -2.01. The predicted molar refractivity (Wildman–Crippen MR) is 63.2 cm³/mol. The van der Waals surface area contributed by atoms with Gasteiger partial charge in [-0.05, 0) is 30.7 Å². The first kappa shape index (κ1) is 12.1. The third-order valence-electron chi connectivity index (χ3n) is 2.95. The van der Waals surface area contributed by atoms with Crippen LogP contribution in [0.5, 0.6) is 5.75 Å². The van der Waals surface area contributed by atoms with E-state index in [1.54, 1.807) is 12.1 Å². The predicted octanol–water partition coefficient (Wildman–Crippen LogP) is 2.29. The molecule has 1 saturated heterocycles. The average molecular weight is 264 g/mol. The number of nitrogens with zero attached hydrogens (tertiary/aromatic N) is 2. The maximum atomic E-state index is 12.7. The molecule has 0 radical (unpaired) electrons. The van der Waals surface area contributed by atoms with Gasteiger partial charge in [0.15, 0.2) is 12.4 Å². The molecule has 0 spiro atoms. The average Bonchev–Trinajstić information content (AvgIpc) is 3.09. The molecule has 1 aliphatic heterocycles. The minimum Gasteiger partial charge on any atom is -0.484 e. The fraction of sp³-hybridized carbons (Fsp3) is 0.385. The Morgan fingerprint density at radius 3 is 2.89 bits per heavy atom. The van der Waals surface area contributed by atoms with Crippen LogP contribution in [0.2, 0.25) is 0 Å². The molecule has 0 unspecified atom stereocenters. The highest BCUT2D eigenvalue weighted by molar-refractivity contribution is 5.22. The van der Waals surface area contributed by atoms with Crippen LogP contribution >= 0.6 is 0 Å². The zero-order chi connectivity index (χ0) is 13.1. The van der Waals surface area contributed by atoms with Gasteiger partial charge >= 0.3 is 0 Å². The van der Waals surface area contributed by atoms with Crippen LogP contribution in [0.4, 0.5) is 4.39 Å². The Balaban J connectivity index is 1.59. The highest BCUT2D eigenvalue weighted by Gasteiger charge is 2.23. The first-order chi connectivity index (χ1) is 9.31. The summed E-state index contributed by atoms with van der Waals surface area (Å²) in [6.45, 7) is 1.55. The summed E-state index contributed by atoms with van der Waals surface area (Å²) in [5, 5.41) is 3.92. The number of rotatable bonds is 4. The van der Waals surface area contributed by atoms with Gasteiger partial charge in [-0.2, -0.15) is 4.98 Å². The van der Waals surface area contributed by atoms with E-state index in [9.17, 15) is 4.39 Å². The summed E-state index contributed by atoms with van der Waals surface area (Å²) in [4.78, 5) is 4.27. The molecule has 19 heavy (non-hydrogen) atoms. The van der Waals surface area contributed by atoms with E-state index in [4.69, 9.17) is 14.0 Å². The molecule has 1 aromatic heterocycles. The monoisotopic (exact) mass is 264 g/mol. The van der Waals surface area contributed by atoms with Crippen molar-refractivity contribution in [3.8, 4) is 5.75 Å². The van der Waals surface area contributed by atoms with Crippen LogP contribution in [0.3, 0.4) is 0 Å². The van der Waals surface area contributed by atoms with Crippen molar-refractivity contribution in [1.82, 2.24) is 10.1 Å². The Labute approximate surface area is 109 Å². The van der Waals surface area contributed by atoms with Crippen molar-refractivity contribution in [2.24, 2.45) is 0 Å². The Morgan fingerprint density at radius 2 is 2.16 bits per heavy atom. The lowest BCUT2D eigenvalue weighted by Gasteiger charge is -2.02. The molecule has 1 atom stereocenters. The van der Waals surface area contributed by atoms with Gasteiger partial charge in [-0.25, -0.2) is 4.39 Å². The van der Waals surface area contributed by atoms with E-state index < -0.39 is 0 Å². The summed E-state index contributed by atoms with van der Waals surface area (Å²) in [6.07, 6.45) is 0.914. The van der Waals surface area contributed by atoms with Gasteiger partial charge in [0.25, 0.3) is 5.89 Å². The third kappa shape index (κ3) is 2.90. The lowest BCUT2D eigenvalue weighted by molar-refractivity contribution is 0.192. The molecule has 2 heterocycles. The molecule has 3 rings (SSSR count). The van der Waals surface area contributed by atoms with Crippen LogP contribution in [0.15, 0.2) is 28.8 Å². The quantitative estimate of drug-likeness (QED) is 0.848. The molecule has 2 aromatic rings. The molecule has 1 aromatic carbocycles. The lowest BCUT2D eigenvalue weighted by atomic mass is 10.1. The molecule has 0 N–H and O–H groups in total. The summed E-state index contributed by atoms with van der Waals surface area (Å²) in [7, 11) is 0. The van der Waals surface area contributed by atoms with Crippen molar-refractivity contribution in [2.45, 2.75) is 18.9 Å². The Bertz CT molecular complexity index is 535. The van der Waals surface area contributed by atoms with Gasteiger partial charge in [0.2, 0.25) is 0 Å². The van der Waals surface area contributed by atoms with E-state index in [1.807, 2.05) is 0 Å². The van der Waals surface area contributed by atoms with E-state index in [0.29, 0.717) is 24.1 Å². The van der Waals surface area contributed by atoms with Gasteiger partial charge in [-0.15, -0.1) is 0 Å². The van der Waals surface area contributed by atoms with Crippen molar-refractivity contribution in [2.75, 3.05) is 13.2 Å². The molecule has 0 amide bonds. The number of aromatic nitrogens is 2. The number of benzene rings is 1. The minimum atomic E-state index is -0.298. The van der Waals surface area contributed by atoms with Crippen LogP contribution in [-0.2, 0) is 11.3 Å². The van der Waals surface area contributed by atoms with Crippen molar-refractivity contribution >= 4 is 0 Å². The largest absolute Gasteiger partial charge is 0.484 e. The zero-order valence-corrected chi connectivity index (χ0v) is 10.2. The van der Waals surface area contributed by atoms with Gasteiger partial charge in [0.1, 0.15) is 11.6 Å². The van der Waals surface area contributed by atoms with E-state index in [-0.39, 0.29) is 18.3 Å². The van der Waals surface area contributed by atoms with Crippen LogP contribution in [0.25, 0.3) is 0 Å². The van der Waals surface area contributed by atoms with E-state index in [0.717, 1.165) is 13.0 Å². The van der Waals surface area contributed by atoms with Gasteiger partial charge in [0.05, 0.1) is 6.61 Å². The van der Waals surface area contributed by atoms with Crippen LogP contribution in [0.1, 0.15) is 24.1 Å². The Kier molecular flexibility index (Phi) is 3.41. The van der Waals surface area contributed by atoms with Gasteiger partial charge in [-0.3, -0.25) is 0 Å². The van der Waals surface area contributed by atoms with Crippen molar-refractivity contribution < 1.29 is 18.4 Å². The highest BCUT2D eigenvalue weighted by atomic mass is 19.1. The maximum Gasteiger partial charge on any atom is 0.264 e. The number of ether oxygens (including phenoxy) is 2. The van der Waals surface area contributed by atoms with Gasteiger partial charge in [-0.1, -0.05) is 5.16 Å². The second kappa shape index (κ2) is 5.36. The number of halogens is 1. The molecule has 1 aliphatic rings. The topological polar surface area (TPSA) is 57.4 Å². The first-order valence-corrected chi connectivity index (χ1v) is 6.10. The van der Waals surface area contributed by atoms with Crippen molar-refractivity contribution in [1.29, 1.82) is 0 Å². The second-order valence-electron chi connectivity index (χ2n) is 4.35. The SMILES string of the molecule is Fc1ccc(OCc2nc([C@H]3CCOC3)no2)cc1. The van der Waals surface area contributed by atoms with Crippen LogP contribution in [0, 0.1) is 5.82 Å². The van der Waals surface area contributed by atoms with Crippen LogP contribution in [-0.4, -0.2) is 23.4 Å². The van der Waals surface area contributed by atoms with E-state index >= 15 is 0 Å². The molecule has 6 heteroatoms. The Hall–Kier alpha value is -1.95. The molecular weight excluding hydrogens is 251 g/mol. The second-order valence-corrected chi connectivity index (χ2v) is 4.35. The normalized spacial score (nSPS) is 18.7. The summed E-state index contributed by atoms with van der Waals surface area (Å²) in [5.74, 6) is 1.55. The fourth-order valence-electron chi connectivity index (χ4n) is 1.91. The van der Waals surface area contributed by atoms with Gasteiger partial charge in [0, 0.05) is 12.5 Å². The number of hydrogen-bond acceptors (Lipinski definition) is 5. The molecule has 1 fully saturated rings. The molecule has 0 bridgehead atoms. The summed E-state index contributed by atoms with van der Waals surface area (Å²) >= 11 is 0. The molecule has 0 saturated carbocycles. The summed E-state index contributed by atoms with van der Waals surface area (Å²) < 4.78 is 28.5.